The molecular weight excluding hydrogens is 627 g/mol. The fraction of sp³-hybridized carbons (Fsp3) is 0.429. The summed E-state index contributed by atoms with van der Waals surface area (Å²) in [6, 6.07) is 14.4. The molecule has 13 heteroatoms. The van der Waals surface area contributed by atoms with E-state index >= 15 is 0 Å². The molecule has 0 bridgehead atoms. The number of ether oxygens (including phenoxy) is 4. The van der Waals surface area contributed by atoms with Crippen molar-refractivity contribution in [1.29, 1.82) is 5.26 Å². The van der Waals surface area contributed by atoms with Gasteiger partial charge in [-0.1, -0.05) is 12.1 Å². The summed E-state index contributed by atoms with van der Waals surface area (Å²) < 4.78 is 61.4. The number of aromatic nitrogens is 3. The maximum Gasteiger partial charge on any atom is 0.416 e. The van der Waals surface area contributed by atoms with Crippen LogP contribution in [0.4, 0.5) is 13.2 Å². The highest BCUT2D eigenvalue weighted by atomic mass is 19.4. The number of likely N-dealkylation sites (tertiary alicyclic amines) is 1. The van der Waals surface area contributed by atoms with Crippen LogP contribution in [0.15, 0.2) is 48.5 Å². The minimum absolute atomic E-state index is 0.0181. The Morgan fingerprint density at radius 2 is 1.83 bits per heavy atom. The number of nitriles is 1. The van der Waals surface area contributed by atoms with E-state index < -0.39 is 17.7 Å². The molecule has 4 aromatic rings. The normalized spacial score (nSPS) is 16.3. The summed E-state index contributed by atoms with van der Waals surface area (Å²) in [5, 5.41) is 9.04. The lowest BCUT2D eigenvalue weighted by Crippen LogP contribution is -2.33. The summed E-state index contributed by atoms with van der Waals surface area (Å²) in [5.41, 5.74) is 2.09. The second kappa shape index (κ2) is 13.7. The Morgan fingerprint density at radius 1 is 1.06 bits per heavy atom. The molecular formula is C35H36F3N5O5. The van der Waals surface area contributed by atoms with Crippen molar-refractivity contribution in [2.75, 3.05) is 33.9 Å². The van der Waals surface area contributed by atoms with Crippen molar-refractivity contribution in [3.63, 3.8) is 0 Å². The maximum absolute atomic E-state index is 13.1. The summed E-state index contributed by atoms with van der Waals surface area (Å²) in [7, 11) is 2.86. The van der Waals surface area contributed by atoms with E-state index in [0.29, 0.717) is 46.8 Å². The molecule has 1 aliphatic carbocycles. The molecule has 6 rings (SSSR count). The monoisotopic (exact) mass is 663 g/mol. The molecule has 2 aromatic heterocycles. The van der Waals surface area contributed by atoms with Gasteiger partial charge < -0.3 is 23.9 Å². The molecule has 252 valence electrons. The Balaban J connectivity index is 1.04. The number of imidazole rings is 1. The van der Waals surface area contributed by atoms with Crippen LogP contribution in [0.3, 0.4) is 0 Å². The largest absolute Gasteiger partial charge is 0.496 e. The van der Waals surface area contributed by atoms with Crippen LogP contribution in [-0.4, -0.2) is 59.7 Å². The van der Waals surface area contributed by atoms with Crippen molar-refractivity contribution in [3.8, 4) is 23.4 Å². The van der Waals surface area contributed by atoms with Crippen molar-refractivity contribution < 1.29 is 36.9 Å². The summed E-state index contributed by atoms with van der Waals surface area (Å²) in [6.45, 7) is 2.47. The lowest BCUT2D eigenvalue weighted by Gasteiger charge is -2.31. The SMILES string of the molecule is COc1cc(C(F)(F)F)ccc1COc1cccc(C2CCN(Cc3nc4c(OC)cc(C(=O)OCC5(CC#N)CC5)cc4[nH]3)CC2)n1. The third kappa shape index (κ3) is 7.49. The predicted molar refractivity (Wildman–Crippen MR) is 169 cm³/mol. The van der Waals surface area contributed by atoms with Gasteiger partial charge >= 0.3 is 12.1 Å². The number of methoxy groups -OCH3 is 2. The molecule has 0 spiro atoms. The third-order valence-corrected chi connectivity index (χ3v) is 9.09. The molecule has 1 saturated carbocycles. The number of carbonyl (C=O) groups excluding carboxylic acids is 1. The Hall–Kier alpha value is -4.83. The first kappa shape index (κ1) is 33.1. The molecule has 2 aromatic carbocycles. The first-order valence-corrected chi connectivity index (χ1v) is 15.8. The zero-order valence-electron chi connectivity index (χ0n) is 26.7. The van der Waals surface area contributed by atoms with Crippen LogP contribution in [0.25, 0.3) is 11.0 Å². The van der Waals surface area contributed by atoms with Crippen LogP contribution in [0, 0.1) is 16.7 Å². The topological polar surface area (TPSA) is 123 Å². The van der Waals surface area contributed by atoms with Crippen molar-refractivity contribution in [2.24, 2.45) is 5.41 Å². The molecule has 0 amide bonds. The molecule has 1 saturated heterocycles. The van der Waals surface area contributed by atoms with Gasteiger partial charge in [-0.2, -0.15) is 18.4 Å². The summed E-state index contributed by atoms with van der Waals surface area (Å²) in [6.07, 6.45) is -0.560. The molecule has 10 nitrogen and oxygen atoms in total. The summed E-state index contributed by atoms with van der Waals surface area (Å²) in [4.78, 5) is 27.9. The van der Waals surface area contributed by atoms with Crippen LogP contribution >= 0.6 is 0 Å². The average Bonchev–Trinajstić information content (AvgIpc) is 3.74. The van der Waals surface area contributed by atoms with E-state index in [1.807, 2.05) is 12.1 Å². The number of piperidine rings is 1. The van der Waals surface area contributed by atoms with E-state index in [4.69, 9.17) is 34.2 Å². The van der Waals surface area contributed by atoms with E-state index in [-0.39, 0.29) is 30.3 Å². The van der Waals surface area contributed by atoms with E-state index in [0.717, 1.165) is 62.4 Å². The lowest BCUT2D eigenvalue weighted by atomic mass is 9.93. The smallest absolute Gasteiger partial charge is 0.416 e. The quantitative estimate of drug-likeness (QED) is 0.163. The number of fused-ring (bicyclic) bond motifs is 1. The number of nitrogens with zero attached hydrogens (tertiary/aromatic N) is 4. The van der Waals surface area contributed by atoms with Gasteiger partial charge in [0.1, 0.15) is 29.4 Å². The van der Waals surface area contributed by atoms with Gasteiger partial charge in [0.2, 0.25) is 5.88 Å². The molecule has 48 heavy (non-hydrogen) atoms. The molecule has 0 atom stereocenters. The molecule has 0 radical (unpaired) electrons. The van der Waals surface area contributed by atoms with Crippen molar-refractivity contribution in [1.82, 2.24) is 19.9 Å². The lowest BCUT2D eigenvalue weighted by molar-refractivity contribution is -0.137. The highest BCUT2D eigenvalue weighted by Gasteiger charge is 2.44. The number of halogens is 3. The number of alkyl halides is 3. The van der Waals surface area contributed by atoms with E-state index in [9.17, 15) is 18.0 Å². The molecule has 1 N–H and O–H groups in total. The number of H-pyrrole nitrogens is 1. The van der Waals surface area contributed by atoms with Gasteiger partial charge in [0.25, 0.3) is 0 Å². The van der Waals surface area contributed by atoms with Gasteiger partial charge in [0.05, 0.1) is 50.1 Å². The second-order valence-electron chi connectivity index (χ2n) is 12.4. The van der Waals surface area contributed by atoms with Crippen LogP contribution in [0.5, 0.6) is 17.4 Å². The van der Waals surface area contributed by atoms with Crippen LogP contribution in [0.2, 0.25) is 0 Å². The first-order valence-electron chi connectivity index (χ1n) is 15.8. The zero-order valence-corrected chi connectivity index (χ0v) is 26.7. The fourth-order valence-corrected chi connectivity index (χ4v) is 6.03. The van der Waals surface area contributed by atoms with Crippen LogP contribution in [-0.2, 0) is 24.1 Å². The highest BCUT2D eigenvalue weighted by molar-refractivity contribution is 5.96. The van der Waals surface area contributed by atoms with Gasteiger partial charge in [-0.15, -0.1) is 0 Å². The number of benzene rings is 2. The van der Waals surface area contributed by atoms with Crippen LogP contribution in [0.1, 0.15) is 71.0 Å². The Labute approximate surface area is 275 Å². The maximum atomic E-state index is 13.1. The van der Waals surface area contributed by atoms with Crippen LogP contribution < -0.4 is 14.2 Å². The van der Waals surface area contributed by atoms with E-state index in [1.54, 1.807) is 18.2 Å². The average molecular weight is 664 g/mol. The van der Waals surface area contributed by atoms with Gasteiger partial charge in [0, 0.05) is 35.1 Å². The Kier molecular flexibility index (Phi) is 9.46. The molecule has 2 fully saturated rings. The van der Waals surface area contributed by atoms with Crippen molar-refractivity contribution in [3.05, 3.63) is 76.7 Å². The van der Waals surface area contributed by atoms with E-state index in [2.05, 4.69) is 16.0 Å². The van der Waals surface area contributed by atoms with E-state index in [1.165, 1.54) is 20.3 Å². The molecule has 1 aliphatic heterocycles. The number of rotatable bonds is 12. The highest BCUT2D eigenvalue weighted by Crippen LogP contribution is 2.48. The number of pyridine rings is 1. The van der Waals surface area contributed by atoms with Gasteiger partial charge in [-0.3, -0.25) is 4.90 Å². The molecule has 3 heterocycles. The second-order valence-corrected chi connectivity index (χ2v) is 12.4. The standard InChI is InChI=1S/C35H36F3N5O5/c1-45-28-18-25(35(36,37)38)7-6-23(28)20-47-31-5-3-4-26(41-31)22-8-14-43(15-9-22)19-30-40-27-16-24(17-29(46-2)32(27)42-30)33(44)48-21-34(10-11-34)12-13-39/h3-7,16-18,22H,8-12,14-15,19-21H2,1-2H3,(H,40,42). The third-order valence-electron chi connectivity index (χ3n) is 9.09. The Morgan fingerprint density at radius 3 is 2.52 bits per heavy atom. The number of nitrogens with one attached hydrogen (secondary N) is 1. The fourth-order valence-electron chi connectivity index (χ4n) is 6.03. The number of aromatic amines is 1. The Bertz CT molecular complexity index is 1820. The van der Waals surface area contributed by atoms with Gasteiger partial charge in [0.15, 0.2) is 0 Å². The number of esters is 1. The zero-order chi connectivity index (χ0) is 33.9. The predicted octanol–water partition coefficient (Wildman–Crippen LogP) is 6.80. The number of hydrogen-bond donors (Lipinski definition) is 1. The minimum Gasteiger partial charge on any atom is -0.496 e. The van der Waals surface area contributed by atoms with Crippen molar-refractivity contribution >= 4 is 17.0 Å². The molecule has 0 unspecified atom stereocenters. The van der Waals surface area contributed by atoms with Gasteiger partial charge in [-0.05, 0) is 69.1 Å². The molecule has 2 aliphatic rings. The number of hydrogen-bond acceptors (Lipinski definition) is 9. The number of carbonyl (C=O) groups is 1. The summed E-state index contributed by atoms with van der Waals surface area (Å²) >= 11 is 0. The van der Waals surface area contributed by atoms with Gasteiger partial charge in [-0.25, -0.2) is 14.8 Å². The summed E-state index contributed by atoms with van der Waals surface area (Å²) in [5.74, 6) is 1.49. The van der Waals surface area contributed by atoms with Crippen molar-refractivity contribution in [2.45, 2.75) is 57.3 Å². The minimum atomic E-state index is -4.46. The first-order chi connectivity index (χ1) is 23.1.